The van der Waals surface area contributed by atoms with Gasteiger partial charge in [0.05, 0.1) is 18.8 Å². The van der Waals surface area contributed by atoms with Gasteiger partial charge in [-0.15, -0.1) is 5.10 Å². The van der Waals surface area contributed by atoms with Gasteiger partial charge in [0.25, 0.3) is 11.5 Å². The number of rotatable bonds is 7. The second-order valence-electron chi connectivity index (χ2n) is 7.34. The Hall–Kier alpha value is -4.05. The van der Waals surface area contributed by atoms with Gasteiger partial charge in [-0.3, -0.25) is 24.0 Å². The van der Waals surface area contributed by atoms with Gasteiger partial charge in [0, 0.05) is 0 Å². The van der Waals surface area contributed by atoms with Gasteiger partial charge in [0.15, 0.2) is 5.69 Å². The average molecular weight is 463 g/mol. The fourth-order valence-corrected chi connectivity index (χ4v) is 4.20. The Balaban J connectivity index is 1.86. The Morgan fingerprint density at radius 1 is 1.06 bits per heavy atom. The van der Waals surface area contributed by atoms with Crippen LogP contribution in [-0.2, 0) is 19.5 Å². The van der Waals surface area contributed by atoms with Crippen molar-refractivity contribution in [2.75, 3.05) is 10.6 Å². The topological polar surface area (TPSA) is 127 Å². The highest BCUT2D eigenvalue weighted by atomic mass is 32.1. The summed E-state index contributed by atoms with van der Waals surface area (Å²) >= 11 is 0.964. The van der Waals surface area contributed by atoms with E-state index in [-0.39, 0.29) is 24.6 Å². The first-order chi connectivity index (χ1) is 16.0. The fourth-order valence-electron chi connectivity index (χ4n) is 3.50. The number of nitrogen functional groups attached to an aromatic ring is 1. The molecule has 0 fully saturated rings. The summed E-state index contributed by atoms with van der Waals surface area (Å²) in [5, 5.41) is 4.02. The smallest absolute Gasteiger partial charge is 0.330 e. The van der Waals surface area contributed by atoms with E-state index in [2.05, 4.69) is 14.6 Å². The van der Waals surface area contributed by atoms with Crippen molar-refractivity contribution in [1.82, 2.24) is 19.1 Å². The predicted molar refractivity (Wildman–Crippen MR) is 128 cm³/mol. The Kier molecular flexibility index (Phi) is 6.45. The van der Waals surface area contributed by atoms with Gasteiger partial charge in [-0.1, -0.05) is 72.1 Å². The van der Waals surface area contributed by atoms with Crippen molar-refractivity contribution in [3.05, 3.63) is 103 Å². The summed E-state index contributed by atoms with van der Waals surface area (Å²) in [6.07, 6.45) is 0.510. The number of H-pyrrole nitrogens is 1. The van der Waals surface area contributed by atoms with Crippen molar-refractivity contribution in [3.8, 4) is 0 Å². The zero-order valence-corrected chi connectivity index (χ0v) is 18.7. The summed E-state index contributed by atoms with van der Waals surface area (Å²) in [7, 11) is 0. The van der Waals surface area contributed by atoms with Gasteiger partial charge in [-0.05, 0) is 29.1 Å². The first kappa shape index (κ1) is 22.2. The molecule has 4 rings (SSSR count). The molecule has 0 saturated heterocycles. The highest BCUT2D eigenvalue weighted by Gasteiger charge is 2.28. The maximum Gasteiger partial charge on any atom is 0.330 e. The quantitative estimate of drug-likeness (QED) is 0.434. The van der Waals surface area contributed by atoms with Gasteiger partial charge in [-0.25, -0.2) is 4.79 Å². The number of amides is 1. The molecule has 0 bridgehead atoms. The number of carbonyl (C=O) groups is 1. The van der Waals surface area contributed by atoms with Crippen LogP contribution in [0.1, 0.15) is 33.4 Å². The molecule has 0 unspecified atom stereocenters. The molecule has 10 heteroatoms. The van der Waals surface area contributed by atoms with Crippen molar-refractivity contribution in [1.29, 1.82) is 0 Å². The van der Waals surface area contributed by atoms with Crippen LogP contribution in [0.3, 0.4) is 0 Å². The standard InChI is InChI=1S/C23H22N6O3S/c1-2-17-19(33-27-26-17)22(31)28(13-15-9-5-3-6-10-15)18-20(24)29(23(32)25-21(18)30)14-16-11-7-4-8-12-16/h3-12H,2,13-14,24H2,1H3,(H,25,30,32). The summed E-state index contributed by atoms with van der Waals surface area (Å²) in [4.78, 5) is 43.1. The summed E-state index contributed by atoms with van der Waals surface area (Å²) < 4.78 is 5.15. The molecule has 0 aliphatic carbocycles. The molecule has 9 nitrogen and oxygen atoms in total. The molecule has 4 aromatic rings. The van der Waals surface area contributed by atoms with E-state index in [1.165, 1.54) is 9.47 Å². The molecule has 0 spiro atoms. The van der Waals surface area contributed by atoms with E-state index in [9.17, 15) is 14.4 Å². The molecule has 0 radical (unpaired) electrons. The number of carbonyl (C=O) groups excluding carboxylic acids is 1. The van der Waals surface area contributed by atoms with Crippen molar-refractivity contribution < 1.29 is 4.79 Å². The van der Waals surface area contributed by atoms with E-state index >= 15 is 0 Å². The van der Waals surface area contributed by atoms with Gasteiger partial charge >= 0.3 is 5.69 Å². The SMILES string of the molecule is CCc1nnsc1C(=O)N(Cc1ccccc1)c1c(N)n(Cc2ccccc2)c(=O)[nH]c1=O. The zero-order chi connectivity index (χ0) is 23.4. The minimum absolute atomic E-state index is 0.0809. The van der Waals surface area contributed by atoms with Crippen LogP contribution in [0.25, 0.3) is 0 Å². The van der Waals surface area contributed by atoms with E-state index in [4.69, 9.17) is 5.73 Å². The molecule has 3 N–H and O–H groups in total. The second-order valence-corrected chi connectivity index (χ2v) is 8.10. The number of hydrogen-bond acceptors (Lipinski definition) is 7. The Bertz CT molecular complexity index is 1380. The van der Waals surface area contributed by atoms with Crippen molar-refractivity contribution in [2.45, 2.75) is 26.4 Å². The first-order valence-corrected chi connectivity index (χ1v) is 11.1. The van der Waals surface area contributed by atoms with Crippen LogP contribution >= 0.6 is 11.5 Å². The molecular weight excluding hydrogens is 440 g/mol. The Labute approximate surface area is 193 Å². The molecule has 33 heavy (non-hydrogen) atoms. The molecule has 2 heterocycles. The summed E-state index contributed by atoms with van der Waals surface area (Å²) in [5.74, 6) is -0.541. The van der Waals surface area contributed by atoms with Crippen molar-refractivity contribution in [2.24, 2.45) is 0 Å². The Morgan fingerprint density at radius 3 is 2.33 bits per heavy atom. The lowest BCUT2D eigenvalue weighted by molar-refractivity contribution is 0.0987. The van der Waals surface area contributed by atoms with Gasteiger partial charge in [-0.2, -0.15) is 0 Å². The highest BCUT2D eigenvalue weighted by molar-refractivity contribution is 7.08. The van der Waals surface area contributed by atoms with Gasteiger partial charge in [0.2, 0.25) is 0 Å². The summed E-state index contributed by atoms with van der Waals surface area (Å²) in [5.41, 5.74) is 7.05. The van der Waals surface area contributed by atoms with E-state index in [0.717, 1.165) is 22.7 Å². The maximum absolute atomic E-state index is 13.6. The number of hydrogen-bond donors (Lipinski definition) is 2. The normalized spacial score (nSPS) is 10.8. The number of benzene rings is 2. The number of anilines is 2. The van der Waals surface area contributed by atoms with Crippen molar-refractivity contribution >= 4 is 28.9 Å². The summed E-state index contributed by atoms with van der Waals surface area (Å²) in [6, 6.07) is 18.5. The van der Waals surface area contributed by atoms with Gasteiger partial charge < -0.3 is 5.73 Å². The van der Waals surface area contributed by atoms with Crippen molar-refractivity contribution in [3.63, 3.8) is 0 Å². The number of nitrogens with zero attached hydrogens (tertiary/aromatic N) is 4. The molecule has 0 aliphatic rings. The van der Waals surface area contributed by atoms with Crippen LogP contribution in [0.2, 0.25) is 0 Å². The third kappa shape index (κ3) is 4.60. The maximum atomic E-state index is 13.6. The van der Waals surface area contributed by atoms with Crippen LogP contribution in [0.4, 0.5) is 11.5 Å². The van der Waals surface area contributed by atoms with E-state index in [1.807, 2.05) is 67.6 Å². The number of aromatic nitrogens is 4. The Morgan fingerprint density at radius 2 is 1.70 bits per heavy atom. The number of nitrogens with two attached hydrogens (primary N) is 1. The lowest BCUT2D eigenvalue weighted by Gasteiger charge is -2.24. The van der Waals surface area contributed by atoms with Gasteiger partial charge in [0.1, 0.15) is 10.7 Å². The molecule has 0 atom stereocenters. The van der Waals surface area contributed by atoms with E-state index < -0.39 is 17.2 Å². The lowest BCUT2D eigenvalue weighted by atomic mass is 10.2. The largest absolute Gasteiger partial charge is 0.383 e. The molecule has 2 aromatic heterocycles. The second kappa shape index (κ2) is 9.61. The zero-order valence-electron chi connectivity index (χ0n) is 17.9. The molecule has 0 saturated carbocycles. The van der Waals surface area contributed by atoms with Crippen LogP contribution < -0.4 is 21.9 Å². The average Bonchev–Trinajstić information content (AvgIpc) is 3.31. The van der Waals surface area contributed by atoms with Crippen LogP contribution in [0, 0.1) is 0 Å². The van der Waals surface area contributed by atoms with Crippen LogP contribution in [0.5, 0.6) is 0 Å². The summed E-state index contributed by atoms with van der Waals surface area (Å²) in [6.45, 7) is 2.10. The molecular formula is C23H22N6O3S. The number of nitrogens with one attached hydrogen (secondary N) is 1. The first-order valence-electron chi connectivity index (χ1n) is 10.3. The minimum atomic E-state index is -0.735. The molecule has 0 aliphatic heterocycles. The third-order valence-corrected chi connectivity index (χ3v) is 5.94. The predicted octanol–water partition coefficient (Wildman–Crippen LogP) is 2.43. The highest BCUT2D eigenvalue weighted by Crippen LogP contribution is 2.24. The van der Waals surface area contributed by atoms with Crippen LogP contribution in [-0.4, -0.2) is 25.0 Å². The lowest BCUT2D eigenvalue weighted by Crippen LogP contribution is -2.41. The molecule has 1 amide bonds. The van der Waals surface area contributed by atoms with E-state index in [0.29, 0.717) is 17.0 Å². The van der Waals surface area contributed by atoms with Crippen LogP contribution in [0.15, 0.2) is 70.3 Å². The fraction of sp³-hybridized carbons (Fsp3) is 0.174. The number of aryl methyl sites for hydroxylation is 1. The minimum Gasteiger partial charge on any atom is -0.383 e. The third-order valence-electron chi connectivity index (χ3n) is 5.18. The molecule has 168 valence electrons. The molecule has 2 aromatic carbocycles. The number of aromatic amines is 1. The monoisotopic (exact) mass is 462 g/mol. The van der Waals surface area contributed by atoms with E-state index in [1.54, 1.807) is 0 Å².